The van der Waals surface area contributed by atoms with Gasteiger partial charge in [-0.25, -0.2) is 4.79 Å². The van der Waals surface area contributed by atoms with Crippen molar-refractivity contribution in [2.75, 3.05) is 31.0 Å². The first-order valence-corrected chi connectivity index (χ1v) is 6.76. The first-order chi connectivity index (χ1) is 8.19. The van der Waals surface area contributed by atoms with Crippen LogP contribution in [0.1, 0.15) is 17.3 Å². The molecule has 0 aliphatic heterocycles. The fraction of sp³-hybridized carbons (Fsp3) is 0.417. The van der Waals surface area contributed by atoms with E-state index in [4.69, 9.17) is 15.2 Å². The maximum atomic E-state index is 11.6. The summed E-state index contributed by atoms with van der Waals surface area (Å²) in [5.74, 6) is 1.03. The van der Waals surface area contributed by atoms with E-state index < -0.39 is 0 Å². The molecule has 0 spiro atoms. The molecule has 0 saturated heterocycles. The van der Waals surface area contributed by atoms with Crippen LogP contribution in [0.3, 0.4) is 0 Å². The van der Waals surface area contributed by atoms with Crippen LogP contribution in [0, 0.1) is 0 Å². The SMILES string of the molecule is CCOc1ccc(C(=O)OCCSC)cc1N. The molecule has 0 aliphatic carbocycles. The maximum Gasteiger partial charge on any atom is 0.338 e. The van der Waals surface area contributed by atoms with Crippen molar-refractivity contribution in [2.45, 2.75) is 6.92 Å². The van der Waals surface area contributed by atoms with Crippen molar-refractivity contribution in [1.82, 2.24) is 0 Å². The third kappa shape index (κ3) is 4.19. The molecule has 94 valence electrons. The smallest absolute Gasteiger partial charge is 0.338 e. The van der Waals surface area contributed by atoms with Gasteiger partial charge >= 0.3 is 5.97 Å². The molecule has 4 nitrogen and oxygen atoms in total. The van der Waals surface area contributed by atoms with E-state index in [1.165, 1.54) is 0 Å². The number of nitrogens with two attached hydrogens (primary N) is 1. The average molecular weight is 255 g/mol. The van der Waals surface area contributed by atoms with Gasteiger partial charge in [-0.15, -0.1) is 0 Å². The Bertz CT molecular complexity index is 382. The third-order valence-electron chi connectivity index (χ3n) is 2.07. The topological polar surface area (TPSA) is 61.5 Å². The number of thioether (sulfide) groups is 1. The summed E-state index contributed by atoms with van der Waals surface area (Å²) in [6, 6.07) is 4.92. The van der Waals surface area contributed by atoms with Crippen molar-refractivity contribution in [1.29, 1.82) is 0 Å². The Morgan fingerprint density at radius 3 is 2.82 bits per heavy atom. The van der Waals surface area contributed by atoms with Crippen LogP contribution in [0.4, 0.5) is 5.69 Å². The van der Waals surface area contributed by atoms with Crippen molar-refractivity contribution in [3.8, 4) is 5.75 Å². The van der Waals surface area contributed by atoms with Gasteiger partial charge in [0.2, 0.25) is 0 Å². The minimum atomic E-state index is -0.353. The standard InChI is InChI=1S/C12H17NO3S/c1-3-15-11-5-4-9(8-10(11)13)12(14)16-6-7-17-2/h4-5,8H,3,6-7,13H2,1-2H3. The Morgan fingerprint density at radius 1 is 1.47 bits per heavy atom. The van der Waals surface area contributed by atoms with Crippen molar-refractivity contribution in [3.63, 3.8) is 0 Å². The first-order valence-electron chi connectivity index (χ1n) is 5.37. The van der Waals surface area contributed by atoms with Gasteiger partial charge in [0.25, 0.3) is 0 Å². The van der Waals surface area contributed by atoms with Gasteiger partial charge in [-0.2, -0.15) is 11.8 Å². The van der Waals surface area contributed by atoms with Crippen molar-refractivity contribution in [2.24, 2.45) is 0 Å². The van der Waals surface area contributed by atoms with Crippen molar-refractivity contribution < 1.29 is 14.3 Å². The molecule has 1 rings (SSSR count). The van der Waals surface area contributed by atoms with Gasteiger partial charge in [0, 0.05) is 5.75 Å². The highest BCUT2D eigenvalue weighted by molar-refractivity contribution is 7.98. The fourth-order valence-electron chi connectivity index (χ4n) is 1.26. The second-order valence-corrected chi connectivity index (χ2v) is 4.30. The lowest BCUT2D eigenvalue weighted by atomic mass is 10.2. The summed E-state index contributed by atoms with van der Waals surface area (Å²) in [5.41, 5.74) is 6.66. The Hall–Kier alpha value is -1.36. The van der Waals surface area contributed by atoms with Crippen LogP contribution in [0.5, 0.6) is 5.75 Å². The Morgan fingerprint density at radius 2 is 2.24 bits per heavy atom. The molecular weight excluding hydrogens is 238 g/mol. The number of hydrogen-bond donors (Lipinski definition) is 1. The van der Waals surface area contributed by atoms with Gasteiger partial charge in [0.15, 0.2) is 0 Å². The Kier molecular flexibility index (Phi) is 5.69. The van der Waals surface area contributed by atoms with E-state index in [1.807, 2.05) is 13.2 Å². The molecule has 2 N–H and O–H groups in total. The maximum absolute atomic E-state index is 11.6. The Balaban J connectivity index is 2.65. The third-order valence-corrected chi connectivity index (χ3v) is 2.64. The van der Waals surface area contributed by atoms with Gasteiger partial charge < -0.3 is 15.2 Å². The lowest BCUT2D eigenvalue weighted by Crippen LogP contribution is -2.08. The lowest BCUT2D eigenvalue weighted by Gasteiger charge is -2.08. The van der Waals surface area contributed by atoms with Crippen LogP contribution in [0.25, 0.3) is 0 Å². The quantitative estimate of drug-likeness (QED) is 0.479. The monoisotopic (exact) mass is 255 g/mol. The fourth-order valence-corrected chi connectivity index (χ4v) is 1.51. The highest BCUT2D eigenvalue weighted by Gasteiger charge is 2.09. The predicted octanol–water partition coefficient (Wildman–Crippen LogP) is 2.19. The van der Waals surface area contributed by atoms with E-state index in [0.29, 0.717) is 30.2 Å². The number of benzene rings is 1. The highest BCUT2D eigenvalue weighted by atomic mass is 32.2. The second kappa shape index (κ2) is 7.06. The number of anilines is 1. The van der Waals surface area contributed by atoms with Gasteiger partial charge in [0.05, 0.1) is 17.9 Å². The molecule has 0 aromatic heterocycles. The molecule has 1 aromatic rings. The van der Waals surface area contributed by atoms with Crippen molar-refractivity contribution >= 4 is 23.4 Å². The van der Waals surface area contributed by atoms with Gasteiger partial charge in [0.1, 0.15) is 12.4 Å². The molecule has 0 aliphatic rings. The number of hydrogen-bond acceptors (Lipinski definition) is 5. The van der Waals surface area contributed by atoms with E-state index in [0.717, 1.165) is 5.75 Å². The van der Waals surface area contributed by atoms with E-state index in [9.17, 15) is 4.79 Å². The highest BCUT2D eigenvalue weighted by Crippen LogP contribution is 2.22. The molecule has 1 aromatic carbocycles. The summed E-state index contributed by atoms with van der Waals surface area (Å²) in [6.45, 7) is 2.83. The molecule has 0 bridgehead atoms. The van der Waals surface area contributed by atoms with Crippen LogP contribution in [0.15, 0.2) is 18.2 Å². The summed E-state index contributed by atoms with van der Waals surface area (Å²) in [7, 11) is 0. The molecular formula is C12H17NO3S. The summed E-state index contributed by atoms with van der Waals surface area (Å²) in [4.78, 5) is 11.6. The minimum absolute atomic E-state index is 0.353. The van der Waals surface area contributed by atoms with Gasteiger partial charge in [-0.1, -0.05) is 0 Å². The normalized spacial score (nSPS) is 10.0. The van der Waals surface area contributed by atoms with Crippen LogP contribution >= 0.6 is 11.8 Å². The average Bonchev–Trinajstić information content (AvgIpc) is 2.32. The van der Waals surface area contributed by atoms with E-state index in [1.54, 1.807) is 30.0 Å². The molecule has 0 amide bonds. The molecule has 0 unspecified atom stereocenters. The number of carbonyl (C=O) groups is 1. The largest absolute Gasteiger partial charge is 0.492 e. The first kappa shape index (κ1) is 13.7. The molecule has 5 heteroatoms. The zero-order chi connectivity index (χ0) is 12.7. The minimum Gasteiger partial charge on any atom is -0.492 e. The number of ether oxygens (including phenoxy) is 2. The molecule has 0 radical (unpaired) electrons. The zero-order valence-corrected chi connectivity index (χ0v) is 10.9. The molecule has 0 atom stereocenters. The molecule has 0 fully saturated rings. The van der Waals surface area contributed by atoms with Crippen LogP contribution in [-0.4, -0.2) is 31.2 Å². The summed E-state index contributed by atoms with van der Waals surface area (Å²) >= 11 is 1.63. The van der Waals surface area contributed by atoms with E-state index in [2.05, 4.69) is 0 Å². The second-order valence-electron chi connectivity index (χ2n) is 3.31. The van der Waals surface area contributed by atoms with Crippen LogP contribution in [-0.2, 0) is 4.74 Å². The van der Waals surface area contributed by atoms with Gasteiger partial charge in [-0.3, -0.25) is 0 Å². The van der Waals surface area contributed by atoms with Crippen molar-refractivity contribution in [3.05, 3.63) is 23.8 Å². The predicted molar refractivity (Wildman–Crippen MR) is 70.7 cm³/mol. The Labute approximate surface area is 105 Å². The number of carbonyl (C=O) groups excluding carboxylic acids is 1. The zero-order valence-electron chi connectivity index (χ0n) is 10.1. The lowest BCUT2D eigenvalue weighted by molar-refractivity contribution is 0.0530. The summed E-state index contributed by atoms with van der Waals surface area (Å²) in [6.07, 6.45) is 1.96. The van der Waals surface area contributed by atoms with E-state index >= 15 is 0 Å². The number of esters is 1. The number of nitrogen functional groups attached to an aromatic ring is 1. The summed E-state index contributed by atoms with van der Waals surface area (Å²) in [5, 5.41) is 0. The van der Waals surface area contributed by atoms with Crippen LogP contribution in [0.2, 0.25) is 0 Å². The van der Waals surface area contributed by atoms with Gasteiger partial charge in [-0.05, 0) is 31.4 Å². The molecule has 0 heterocycles. The summed E-state index contributed by atoms with van der Waals surface area (Å²) < 4.78 is 10.4. The molecule has 0 saturated carbocycles. The molecule has 17 heavy (non-hydrogen) atoms. The van der Waals surface area contributed by atoms with Crippen LogP contribution < -0.4 is 10.5 Å². The number of rotatable bonds is 6. The van der Waals surface area contributed by atoms with E-state index in [-0.39, 0.29) is 5.97 Å².